The molecule has 33 heavy (non-hydrogen) atoms. The molecule has 0 spiro atoms. The van der Waals surface area contributed by atoms with Gasteiger partial charge in [0.1, 0.15) is 12.3 Å². The van der Waals surface area contributed by atoms with E-state index in [-0.39, 0.29) is 24.3 Å². The summed E-state index contributed by atoms with van der Waals surface area (Å²) in [5, 5.41) is 2.02. The lowest BCUT2D eigenvalue weighted by Crippen LogP contribution is -2.52. The number of anilines is 1. The van der Waals surface area contributed by atoms with Gasteiger partial charge in [-0.1, -0.05) is 37.1 Å². The first kappa shape index (κ1) is 23.2. The van der Waals surface area contributed by atoms with Crippen LogP contribution in [0.1, 0.15) is 31.2 Å². The first-order valence-corrected chi connectivity index (χ1v) is 12.2. The molecule has 0 aliphatic carbocycles. The van der Waals surface area contributed by atoms with Crippen molar-refractivity contribution in [1.29, 1.82) is 0 Å². The van der Waals surface area contributed by atoms with Gasteiger partial charge in [-0.2, -0.15) is 0 Å². The molecular formula is C25H29N3O4S. The SMILES string of the molecule is COc1cccc(CNC(=O)CN2C(=O)C(C(=O)N3CCCCCC3)Sc3ccccc32)c1. The van der Waals surface area contributed by atoms with Crippen LogP contribution in [0.4, 0.5) is 5.69 Å². The second-order valence-electron chi connectivity index (χ2n) is 8.26. The first-order chi connectivity index (χ1) is 16.1. The Morgan fingerprint density at radius 2 is 1.82 bits per heavy atom. The Morgan fingerprint density at radius 3 is 2.58 bits per heavy atom. The lowest BCUT2D eigenvalue weighted by molar-refractivity contribution is -0.135. The van der Waals surface area contributed by atoms with E-state index in [2.05, 4.69) is 5.32 Å². The smallest absolute Gasteiger partial charge is 0.250 e. The molecule has 8 heteroatoms. The lowest BCUT2D eigenvalue weighted by Gasteiger charge is -2.34. The number of para-hydroxylation sites is 1. The number of rotatable bonds is 6. The summed E-state index contributed by atoms with van der Waals surface area (Å²) in [5.74, 6) is -0.0460. The van der Waals surface area contributed by atoms with E-state index in [9.17, 15) is 14.4 Å². The Labute approximate surface area is 198 Å². The second-order valence-corrected chi connectivity index (χ2v) is 9.40. The maximum absolute atomic E-state index is 13.4. The monoisotopic (exact) mass is 467 g/mol. The Morgan fingerprint density at radius 1 is 1.06 bits per heavy atom. The number of hydrogen-bond donors (Lipinski definition) is 1. The number of methoxy groups -OCH3 is 1. The Bertz CT molecular complexity index is 1020. The van der Waals surface area contributed by atoms with Gasteiger partial charge < -0.3 is 19.9 Å². The van der Waals surface area contributed by atoms with Crippen molar-refractivity contribution in [3.63, 3.8) is 0 Å². The minimum absolute atomic E-state index is 0.135. The Balaban J connectivity index is 1.47. The molecule has 1 N–H and O–H groups in total. The van der Waals surface area contributed by atoms with E-state index in [1.54, 1.807) is 7.11 Å². The van der Waals surface area contributed by atoms with E-state index in [0.717, 1.165) is 36.1 Å². The fraction of sp³-hybridized carbons (Fsp3) is 0.400. The zero-order chi connectivity index (χ0) is 23.2. The molecule has 3 amide bonds. The summed E-state index contributed by atoms with van der Waals surface area (Å²) in [6.07, 6.45) is 4.14. The molecule has 2 aromatic carbocycles. The molecule has 174 valence electrons. The summed E-state index contributed by atoms with van der Waals surface area (Å²) in [4.78, 5) is 43.6. The van der Waals surface area contributed by atoms with E-state index >= 15 is 0 Å². The number of nitrogens with one attached hydrogen (secondary N) is 1. The Kier molecular flexibility index (Phi) is 7.54. The molecule has 2 heterocycles. The van der Waals surface area contributed by atoms with E-state index in [1.165, 1.54) is 16.7 Å². The number of benzene rings is 2. The van der Waals surface area contributed by atoms with Crippen molar-refractivity contribution in [2.75, 3.05) is 31.6 Å². The number of nitrogens with zero attached hydrogens (tertiary/aromatic N) is 2. The van der Waals surface area contributed by atoms with Crippen molar-refractivity contribution >= 4 is 35.2 Å². The van der Waals surface area contributed by atoms with E-state index in [1.807, 2.05) is 53.4 Å². The number of likely N-dealkylation sites (tertiary alicyclic amines) is 1. The Hall–Kier alpha value is -3.00. The van der Waals surface area contributed by atoms with Gasteiger partial charge in [0.25, 0.3) is 5.91 Å². The third-order valence-electron chi connectivity index (χ3n) is 5.96. The molecule has 1 fully saturated rings. The summed E-state index contributed by atoms with van der Waals surface area (Å²) < 4.78 is 5.22. The van der Waals surface area contributed by atoms with Gasteiger partial charge in [-0.15, -0.1) is 11.8 Å². The minimum Gasteiger partial charge on any atom is -0.497 e. The van der Waals surface area contributed by atoms with Gasteiger partial charge in [0.05, 0.1) is 12.8 Å². The van der Waals surface area contributed by atoms with Crippen LogP contribution in [0, 0.1) is 0 Å². The molecule has 2 aromatic rings. The predicted molar refractivity (Wildman–Crippen MR) is 128 cm³/mol. The molecule has 0 bridgehead atoms. The molecule has 2 aliphatic heterocycles. The fourth-order valence-electron chi connectivity index (χ4n) is 4.18. The zero-order valence-corrected chi connectivity index (χ0v) is 19.6. The topological polar surface area (TPSA) is 79.0 Å². The highest BCUT2D eigenvalue weighted by atomic mass is 32.2. The standard InChI is InChI=1S/C25H29N3O4S/c1-32-19-10-8-9-18(15-19)16-26-22(29)17-28-20-11-4-5-12-21(20)33-23(25(28)31)24(30)27-13-6-2-3-7-14-27/h4-5,8-12,15,23H,2-3,6-7,13-14,16-17H2,1H3,(H,26,29). The largest absolute Gasteiger partial charge is 0.497 e. The average molecular weight is 468 g/mol. The highest BCUT2D eigenvalue weighted by Crippen LogP contribution is 2.39. The molecule has 0 radical (unpaired) electrons. The molecule has 4 rings (SSSR count). The number of hydrogen-bond acceptors (Lipinski definition) is 5. The van der Waals surface area contributed by atoms with Crippen molar-refractivity contribution in [1.82, 2.24) is 10.2 Å². The summed E-state index contributed by atoms with van der Waals surface area (Å²) in [7, 11) is 1.60. The quantitative estimate of drug-likeness (QED) is 0.660. The van der Waals surface area contributed by atoms with Gasteiger partial charge in [0.2, 0.25) is 11.8 Å². The first-order valence-electron chi connectivity index (χ1n) is 11.3. The van der Waals surface area contributed by atoms with Crippen LogP contribution in [-0.4, -0.2) is 54.6 Å². The van der Waals surface area contributed by atoms with Crippen molar-refractivity contribution < 1.29 is 19.1 Å². The van der Waals surface area contributed by atoms with Gasteiger partial charge in [0.15, 0.2) is 5.25 Å². The summed E-state index contributed by atoms with van der Waals surface area (Å²) in [6, 6.07) is 14.9. The average Bonchev–Trinajstić information content (AvgIpc) is 3.14. The predicted octanol–water partition coefficient (Wildman–Crippen LogP) is 3.22. The van der Waals surface area contributed by atoms with Crippen LogP contribution in [0.2, 0.25) is 0 Å². The molecule has 1 atom stereocenters. The van der Waals surface area contributed by atoms with Gasteiger partial charge >= 0.3 is 0 Å². The number of amides is 3. The van der Waals surface area contributed by atoms with Crippen LogP contribution in [0.15, 0.2) is 53.4 Å². The summed E-state index contributed by atoms with van der Waals surface area (Å²) >= 11 is 1.29. The molecule has 0 saturated carbocycles. The van der Waals surface area contributed by atoms with Crippen molar-refractivity contribution in [3.05, 3.63) is 54.1 Å². The van der Waals surface area contributed by atoms with Crippen molar-refractivity contribution in [2.24, 2.45) is 0 Å². The lowest BCUT2D eigenvalue weighted by atomic mass is 10.2. The van der Waals surface area contributed by atoms with Crippen molar-refractivity contribution in [2.45, 2.75) is 42.4 Å². The normalized spacial score (nSPS) is 18.3. The maximum atomic E-state index is 13.4. The third-order valence-corrected chi connectivity index (χ3v) is 7.20. The maximum Gasteiger partial charge on any atom is 0.250 e. The molecular weight excluding hydrogens is 438 g/mol. The molecule has 0 aromatic heterocycles. The van der Waals surface area contributed by atoms with Crippen LogP contribution < -0.4 is 15.0 Å². The summed E-state index contributed by atoms with van der Waals surface area (Å²) in [5.41, 5.74) is 1.57. The van der Waals surface area contributed by atoms with Gasteiger partial charge in [-0.3, -0.25) is 14.4 Å². The van der Waals surface area contributed by atoms with Gasteiger partial charge in [-0.05, 0) is 42.7 Å². The van der Waals surface area contributed by atoms with Crippen molar-refractivity contribution in [3.8, 4) is 5.75 Å². The number of ether oxygens (including phenoxy) is 1. The molecule has 7 nitrogen and oxygen atoms in total. The van der Waals surface area contributed by atoms with E-state index in [4.69, 9.17) is 4.74 Å². The van der Waals surface area contributed by atoms with Crippen LogP contribution in [0.3, 0.4) is 0 Å². The van der Waals surface area contributed by atoms with Crippen LogP contribution >= 0.6 is 11.8 Å². The van der Waals surface area contributed by atoms with E-state index in [0.29, 0.717) is 31.1 Å². The minimum atomic E-state index is -0.857. The number of thioether (sulfide) groups is 1. The molecule has 1 saturated heterocycles. The van der Waals surface area contributed by atoms with Crippen LogP contribution in [0.25, 0.3) is 0 Å². The van der Waals surface area contributed by atoms with Gasteiger partial charge in [-0.25, -0.2) is 0 Å². The number of carbonyl (C=O) groups is 3. The number of carbonyl (C=O) groups excluding carboxylic acids is 3. The zero-order valence-electron chi connectivity index (χ0n) is 18.8. The highest BCUT2D eigenvalue weighted by Gasteiger charge is 2.40. The third kappa shape index (κ3) is 5.50. The van der Waals surface area contributed by atoms with Gasteiger partial charge in [0, 0.05) is 24.5 Å². The van der Waals surface area contributed by atoms with E-state index < -0.39 is 5.25 Å². The fourth-order valence-corrected chi connectivity index (χ4v) is 5.36. The molecule has 1 unspecified atom stereocenters. The highest BCUT2D eigenvalue weighted by molar-refractivity contribution is 8.01. The van der Waals surface area contributed by atoms with Crippen LogP contribution in [0.5, 0.6) is 5.75 Å². The summed E-state index contributed by atoms with van der Waals surface area (Å²) in [6.45, 7) is 1.56. The number of fused-ring (bicyclic) bond motifs is 1. The second kappa shape index (κ2) is 10.7. The van der Waals surface area contributed by atoms with Crippen LogP contribution in [-0.2, 0) is 20.9 Å². The molecule has 2 aliphatic rings.